The van der Waals surface area contributed by atoms with Crippen LogP contribution in [-0.4, -0.2) is 50.1 Å². The Balaban J connectivity index is 1.53. The van der Waals surface area contributed by atoms with Gasteiger partial charge in [-0.2, -0.15) is 0 Å². The fourth-order valence-electron chi connectivity index (χ4n) is 2.87. The lowest BCUT2D eigenvalue weighted by atomic mass is 10.1. The van der Waals surface area contributed by atoms with Crippen LogP contribution in [0.5, 0.6) is 0 Å². The summed E-state index contributed by atoms with van der Waals surface area (Å²) >= 11 is 0. The molecular weight excluding hydrogens is 302 g/mol. The molecule has 24 heavy (non-hydrogen) atoms. The van der Waals surface area contributed by atoms with Gasteiger partial charge in [-0.1, -0.05) is 31.2 Å². The van der Waals surface area contributed by atoms with Crippen molar-refractivity contribution in [1.29, 1.82) is 0 Å². The molecule has 0 radical (unpaired) electrons. The van der Waals surface area contributed by atoms with E-state index in [9.17, 15) is 4.79 Å². The summed E-state index contributed by atoms with van der Waals surface area (Å²) in [6, 6.07) is 11.8. The average Bonchev–Trinajstić information content (AvgIpc) is 3.13. The van der Waals surface area contributed by atoms with Crippen LogP contribution in [0.15, 0.2) is 40.8 Å². The lowest BCUT2D eigenvalue weighted by Gasteiger charge is -2.26. The van der Waals surface area contributed by atoms with Gasteiger partial charge in [0.1, 0.15) is 5.76 Å². The van der Waals surface area contributed by atoms with E-state index in [0.717, 1.165) is 50.5 Å². The van der Waals surface area contributed by atoms with Crippen molar-refractivity contribution < 1.29 is 9.21 Å². The minimum absolute atomic E-state index is 0.151. The number of hydrogen-bond acceptors (Lipinski definition) is 4. The maximum Gasteiger partial charge on any atom is 0.287 e. The van der Waals surface area contributed by atoms with Gasteiger partial charge in [0, 0.05) is 44.8 Å². The van der Waals surface area contributed by atoms with Crippen molar-refractivity contribution >= 4 is 5.91 Å². The molecule has 1 amide bonds. The van der Waals surface area contributed by atoms with E-state index in [1.807, 2.05) is 18.2 Å². The maximum absolute atomic E-state index is 12.2. The molecule has 2 heterocycles. The molecule has 2 aromatic rings. The van der Waals surface area contributed by atoms with Crippen LogP contribution >= 0.6 is 0 Å². The smallest absolute Gasteiger partial charge is 0.287 e. The molecule has 1 aromatic carbocycles. The second-order valence-electron chi connectivity index (χ2n) is 6.06. The first-order chi connectivity index (χ1) is 11.8. The zero-order valence-electron chi connectivity index (χ0n) is 14.2. The lowest BCUT2D eigenvalue weighted by Crippen LogP contribution is -2.46. The molecule has 5 heteroatoms. The second-order valence-corrected chi connectivity index (χ2v) is 6.06. The molecule has 1 saturated heterocycles. The molecule has 2 N–H and O–H groups in total. The summed E-state index contributed by atoms with van der Waals surface area (Å²) in [6.07, 6.45) is 1.01. The number of benzene rings is 1. The fraction of sp³-hybridized carbons (Fsp3) is 0.421. The van der Waals surface area contributed by atoms with Gasteiger partial charge < -0.3 is 15.1 Å². The fourth-order valence-corrected chi connectivity index (χ4v) is 2.87. The van der Waals surface area contributed by atoms with Gasteiger partial charge in [-0.25, -0.2) is 0 Å². The van der Waals surface area contributed by atoms with Gasteiger partial charge in [-0.3, -0.25) is 9.69 Å². The van der Waals surface area contributed by atoms with Gasteiger partial charge in [0.25, 0.3) is 5.91 Å². The lowest BCUT2D eigenvalue weighted by molar-refractivity contribution is 0.0920. The largest absolute Gasteiger partial charge is 0.451 e. The van der Waals surface area contributed by atoms with Crippen molar-refractivity contribution in [2.24, 2.45) is 0 Å². The van der Waals surface area contributed by atoms with Crippen LogP contribution in [0.25, 0.3) is 11.3 Å². The van der Waals surface area contributed by atoms with Gasteiger partial charge in [0.15, 0.2) is 5.76 Å². The molecule has 0 bridgehead atoms. The van der Waals surface area contributed by atoms with Crippen LogP contribution in [0.1, 0.15) is 23.0 Å². The van der Waals surface area contributed by atoms with Gasteiger partial charge >= 0.3 is 0 Å². The van der Waals surface area contributed by atoms with E-state index >= 15 is 0 Å². The predicted octanol–water partition coefficient (Wildman–Crippen LogP) is 2.14. The Bertz CT molecular complexity index is 658. The van der Waals surface area contributed by atoms with E-state index in [0.29, 0.717) is 12.3 Å². The summed E-state index contributed by atoms with van der Waals surface area (Å²) in [4.78, 5) is 14.5. The van der Waals surface area contributed by atoms with Crippen LogP contribution in [0.2, 0.25) is 0 Å². The summed E-state index contributed by atoms with van der Waals surface area (Å²) in [5, 5.41) is 6.26. The van der Waals surface area contributed by atoms with E-state index in [1.165, 1.54) is 5.56 Å². The third-order valence-corrected chi connectivity index (χ3v) is 4.40. The Morgan fingerprint density at radius 1 is 1.17 bits per heavy atom. The number of nitrogens with one attached hydrogen (secondary N) is 2. The van der Waals surface area contributed by atoms with Crippen LogP contribution in [0, 0.1) is 0 Å². The predicted molar refractivity (Wildman–Crippen MR) is 95.2 cm³/mol. The summed E-state index contributed by atoms with van der Waals surface area (Å²) in [6.45, 7) is 7.76. The highest BCUT2D eigenvalue weighted by Gasteiger charge is 2.13. The van der Waals surface area contributed by atoms with Crippen molar-refractivity contribution in [3.63, 3.8) is 0 Å². The molecule has 1 aliphatic rings. The van der Waals surface area contributed by atoms with Gasteiger partial charge in [0.05, 0.1) is 0 Å². The minimum atomic E-state index is -0.151. The average molecular weight is 327 g/mol. The Morgan fingerprint density at radius 2 is 1.92 bits per heavy atom. The Kier molecular flexibility index (Phi) is 5.67. The Labute approximate surface area is 143 Å². The number of hydrogen-bond donors (Lipinski definition) is 2. The summed E-state index contributed by atoms with van der Waals surface area (Å²) in [5.74, 6) is 0.941. The molecule has 1 aliphatic heterocycles. The van der Waals surface area contributed by atoms with Crippen LogP contribution in [0.4, 0.5) is 0 Å². The maximum atomic E-state index is 12.2. The topological polar surface area (TPSA) is 57.5 Å². The van der Waals surface area contributed by atoms with E-state index in [2.05, 4.69) is 34.6 Å². The molecule has 0 saturated carbocycles. The first-order valence-electron chi connectivity index (χ1n) is 8.66. The molecule has 5 nitrogen and oxygen atoms in total. The molecule has 0 spiro atoms. The van der Waals surface area contributed by atoms with Crippen molar-refractivity contribution in [1.82, 2.24) is 15.5 Å². The summed E-state index contributed by atoms with van der Waals surface area (Å²) < 4.78 is 5.71. The highest BCUT2D eigenvalue weighted by atomic mass is 16.3. The Morgan fingerprint density at radius 3 is 2.62 bits per heavy atom. The SMILES string of the molecule is CCc1ccc(-c2ccc(C(=O)NCCN3CCNCC3)o2)cc1. The number of amides is 1. The number of piperazine rings is 1. The molecule has 1 fully saturated rings. The molecule has 128 valence electrons. The number of carbonyl (C=O) groups excluding carboxylic acids is 1. The monoisotopic (exact) mass is 327 g/mol. The second kappa shape index (κ2) is 8.13. The third-order valence-electron chi connectivity index (χ3n) is 4.40. The van der Waals surface area contributed by atoms with E-state index in [4.69, 9.17) is 4.42 Å². The van der Waals surface area contributed by atoms with Crippen LogP contribution < -0.4 is 10.6 Å². The number of aryl methyl sites for hydroxylation is 1. The zero-order chi connectivity index (χ0) is 16.8. The number of nitrogens with zero attached hydrogens (tertiary/aromatic N) is 1. The zero-order valence-corrected chi connectivity index (χ0v) is 14.2. The van der Waals surface area contributed by atoms with Crippen molar-refractivity contribution in [3.05, 3.63) is 47.7 Å². The third kappa shape index (κ3) is 4.24. The van der Waals surface area contributed by atoms with Crippen LogP contribution in [0.3, 0.4) is 0 Å². The highest BCUT2D eigenvalue weighted by Crippen LogP contribution is 2.22. The molecule has 0 atom stereocenters. The normalized spacial score (nSPS) is 15.4. The summed E-state index contributed by atoms with van der Waals surface area (Å²) in [5.41, 5.74) is 2.28. The van der Waals surface area contributed by atoms with E-state index in [1.54, 1.807) is 6.07 Å². The van der Waals surface area contributed by atoms with Crippen LogP contribution in [-0.2, 0) is 6.42 Å². The Hall–Kier alpha value is -2.11. The first kappa shape index (κ1) is 16.7. The van der Waals surface area contributed by atoms with Gasteiger partial charge in [-0.15, -0.1) is 0 Å². The first-order valence-corrected chi connectivity index (χ1v) is 8.66. The molecular formula is C19H25N3O2. The molecule has 1 aromatic heterocycles. The summed E-state index contributed by atoms with van der Waals surface area (Å²) in [7, 11) is 0. The highest BCUT2D eigenvalue weighted by molar-refractivity contribution is 5.92. The molecule has 0 aliphatic carbocycles. The van der Waals surface area contributed by atoms with Crippen molar-refractivity contribution in [3.8, 4) is 11.3 Å². The van der Waals surface area contributed by atoms with Crippen molar-refractivity contribution in [2.75, 3.05) is 39.3 Å². The number of rotatable bonds is 6. The molecule has 3 rings (SSSR count). The van der Waals surface area contributed by atoms with Crippen molar-refractivity contribution in [2.45, 2.75) is 13.3 Å². The standard InChI is InChI=1S/C19H25N3O2/c1-2-15-3-5-16(6-4-15)17-7-8-18(24-17)19(23)21-11-14-22-12-9-20-10-13-22/h3-8,20H,2,9-14H2,1H3,(H,21,23). The minimum Gasteiger partial charge on any atom is -0.451 e. The molecule has 0 unspecified atom stereocenters. The van der Waals surface area contributed by atoms with Gasteiger partial charge in [0.2, 0.25) is 0 Å². The van der Waals surface area contributed by atoms with E-state index < -0.39 is 0 Å². The quantitative estimate of drug-likeness (QED) is 0.853. The number of furan rings is 1. The van der Waals surface area contributed by atoms with E-state index in [-0.39, 0.29) is 5.91 Å². The van der Waals surface area contributed by atoms with Gasteiger partial charge in [-0.05, 0) is 24.1 Å². The number of carbonyl (C=O) groups is 1.